The van der Waals surface area contributed by atoms with Gasteiger partial charge in [-0.1, -0.05) is 13.3 Å². The zero-order valence-electron chi connectivity index (χ0n) is 17.4. The molecular weight excluding hydrogens is 411 g/mol. The summed E-state index contributed by atoms with van der Waals surface area (Å²) in [5, 5.41) is 24.2. The van der Waals surface area contributed by atoms with Gasteiger partial charge in [-0.05, 0) is 25.0 Å². The topological polar surface area (TPSA) is 109 Å². The van der Waals surface area contributed by atoms with Gasteiger partial charge < -0.3 is 14.7 Å². The molecule has 2 rings (SSSR count). The van der Waals surface area contributed by atoms with E-state index in [9.17, 15) is 13.2 Å². The molecule has 0 saturated carbocycles. The number of nitriles is 1. The number of rotatable bonds is 10. The lowest BCUT2D eigenvalue weighted by Crippen LogP contribution is -2.23. The third-order valence-electron chi connectivity index (χ3n) is 4.53. The second-order valence-electron chi connectivity index (χ2n) is 6.94. The highest BCUT2D eigenvalue weighted by Gasteiger charge is 2.38. The Kier molecular flexibility index (Phi) is 8.19. The zero-order chi connectivity index (χ0) is 23.0. The zero-order valence-corrected chi connectivity index (χ0v) is 17.4. The normalized spacial score (nSPS) is 11.1. The third-order valence-corrected chi connectivity index (χ3v) is 4.53. The summed E-state index contributed by atoms with van der Waals surface area (Å²) in [5.41, 5.74) is -0.859. The van der Waals surface area contributed by atoms with Crippen LogP contribution < -0.4 is 9.64 Å². The van der Waals surface area contributed by atoms with Crippen LogP contribution in [-0.2, 0) is 12.8 Å². The molecule has 1 aromatic heterocycles. The van der Waals surface area contributed by atoms with Gasteiger partial charge in [0.05, 0.1) is 24.7 Å². The SMILES string of the molecule is CCCc1c(OCCCN(C)c2ncc(CC#N)cn2)ccc(C(=N)C(F)(F)F)c1[OH2+]. The number of aromatic nitrogens is 2. The van der Waals surface area contributed by atoms with Crippen LogP contribution in [-0.4, -0.2) is 47.2 Å². The van der Waals surface area contributed by atoms with Crippen LogP contribution in [0.4, 0.5) is 19.1 Å². The molecule has 31 heavy (non-hydrogen) atoms. The van der Waals surface area contributed by atoms with Crippen LogP contribution in [0.1, 0.15) is 36.5 Å². The summed E-state index contributed by atoms with van der Waals surface area (Å²) in [4.78, 5) is 10.3. The van der Waals surface area contributed by atoms with Crippen molar-refractivity contribution < 1.29 is 23.0 Å². The fourth-order valence-electron chi connectivity index (χ4n) is 2.93. The first-order chi connectivity index (χ1) is 14.7. The molecule has 0 aliphatic carbocycles. The summed E-state index contributed by atoms with van der Waals surface area (Å²) in [5.74, 6) is 0.562. The van der Waals surface area contributed by atoms with E-state index in [-0.39, 0.29) is 12.2 Å². The van der Waals surface area contributed by atoms with E-state index in [4.69, 9.17) is 20.5 Å². The van der Waals surface area contributed by atoms with E-state index in [0.29, 0.717) is 49.7 Å². The maximum absolute atomic E-state index is 12.9. The molecule has 0 fully saturated rings. The molecule has 0 atom stereocenters. The van der Waals surface area contributed by atoms with Crippen LogP contribution in [0.2, 0.25) is 0 Å². The van der Waals surface area contributed by atoms with Crippen molar-refractivity contribution in [3.8, 4) is 17.6 Å². The minimum absolute atomic E-state index is 0.247. The lowest BCUT2D eigenvalue weighted by molar-refractivity contribution is -0.0588. The Balaban J connectivity index is 2.00. The third kappa shape index (κ3) is 6.31. The number of halogens is 3. The van der Waals surface area contributed by atoms with Gasteiger partial charge in [-0.2, -0.15) is 18.4 Å². The minimum Gasteiger partial charge on any atom is -0.593 e. The second-order valence-corrected chi connectivity index (χ2v) is 6.94. The average molecular weight is 436 g/mol. The van der Waals surface area contributed by atoms with Crippen molar-refractivity contribution in [1.82, 2.24) is 9.97 Å². The molecule has 0 saturated heterocycles. The highest BCUT2D eigenvalue weighted by molar-refractivity contribution is 6.04. The Morgan fingerprint density at radius 3 is 2.55 bits per heavy atom. The van der Waals surface area contributed by atoms with Gasteiger partial charge in [0, 0.05) is 31.5 Å². The number of nitrogens with one attached hydrogen (secondary N) is 1. The predicted molar refractivity (Wildman–Crippen MR) is 111 cm³/mol. The van der Waals surface area contributed by atoms with E-state index in [1.54, 1.807) is 12.4 Å². The largest absolute Gasteiger partial charge is 0.593 e. The number of hydrogen-bond donors (Lipinski definition) is 1. The van der Waals surface area contributed by atoms with Gasteiger partial charge in [0.25, 0.3) is 5.75 Å². The lowest BCUT2D eigenvalue weighted by atomic mass is 10.00. The van der Waals surface area contributed by atoms with Crippen LogP contribution in [0.25, 0.3) is 0 Å². The van der Waals surface area contributed by atoms with E-state index in [1.807, 2.05) is 24.9 Å². The molecule has 0 unspecified atom stereocenters. The number of anilines is 1. The van der Waals surface area contributed by atoms with Crippen molar-refractivity contribution in [2.75, 3.05) is 25.1 Å². The van der Waals surface area contributed by atoms with Gasteiger partial charge >= 0.3 is 6.18 Å². The van der Waals surface area contributed by atoms with Gasteiger partial charge in [-0.15, -0.1) is 0 Å². The average Bonchev–Trinajstić information content (AvgIpc) is 2.73. The van der Waals surface area contributed by atoms with Gasteiger partial charge in [0.2, 0.25) is 5.95 Å². The molecule has 166 valence electrons. The van der Waals surface area contributed by atoms with Crippen LogP contribution in [0.15, 0.2) is 24.5 Å². The van der Waals surface area contributed by atoms with Gasteiger partial charge in [0.15, 0.2) is 5.71 Å². The van der Waals surface area contributed by atoms with Crippen LogP contribution in [0.5, 0.6) is 11.5 Å². The Bertz CT molecular complexity index is 940. The summed E-state index contributed by atoms with van der Waals surface area (Å²) >= 11 is 0. The smallest absolute Gasteiger partial charge is 0.433 e. The number of alkyl halides is 3. The van der Waals surface area contributed by atoms with Crippen molar-refractivity contribution >= 4 is 11.7 Å². The standard InChI is InChI=1S/C21H24F3N5O2/c1-3-5-15-17(7-6-16(18(15)30)19(26)21(22,23)24)31-11-4-10-29(2)20-27-12-14(8-9-25)13-28-20/h6-7,12-13,26,30H,3-5,8,10-11H2,1-2H3/p+1. The van der Waals surface area contributed by atoms with Crippen molar-refractivity contribution in [1.29, 1.82) is 10.7 Å². The summed E-state index contributed by atoms with van der Waals surface area (Å²) in [6.07, 6.45) is 0.261. The Labute approximate surface area is 178 Å². The molecule has 7 nitrogen and oxygen atoms in total. The number of hydrogen-bond acceptors (Lipinski definition) is 6. The maximum atomic E-state index is 12.9. The molecule has 0 aliphatic heterocycles. The molecule has 1 heterocycles. The molecule has 1 aromatic carbocycles. The fourth-order valence-corrected chi connectivity index (χ4v) is 2.93. The molecule has 10 heteroatoms. The number of benzene rings is 1. The highest BCUT2D eigenvalue weighted by Crippen LogP contribution is 2.35. The van der Waals surface area contributed by atoms with Gasteiger partial charge in [-0.25, -0.2) is 9.97 Å². The Hall–Kier alpha value is -3.35. The summed E-state index contributed by atoms with van der Waals surface area (Å²) in [6, 6.07) is 4.56. The molecule has 3 N–H and O–H groups in total. The molecule has 0 radical (unpaired) electrons. The number of nitrogens with zero attached hydrogens (tertiary/aromatic N) is 4. The Morgan fingerprint density at radius 2 is 1.97 bits per heavy atom. The van der Waals surface area contributed by atoms with Crippen LogP contribution in [0.3, 0.4) is 0 Å². The first-order valence-electron chi connectivity index (χ1n) is 9.74. The van der Waals surface area contributed by atoms with Crippen molar-refractivity contribution in [2.24, 2.45) is 0 Å². The predicted octanol–water partition coefficient (Wildman–Crippen LogP) is 3.77. The maximum Gasteiger partial charge on any atom is 0.433 e. The van der Waals surface area contributed by atoms with Crippen LogP contribution >= 0.6 is 0 Å². The van der Waals surface area contributed by atoms with E-state index in [1.165, 1.54) is 6.07 Å². The lowest BCUT2D eigenvalue weighted by Gasteiger charge is -2.18. The molecule has 0 amide bonds. The summed E-state index contributed by atoms with van der Waals surface area (Å²) in [6.45, 7) is 2.73. The first kappa shape index (κ1) is 23.9. The van der Waals surface area contributed by atoms with Crippen molar-refractivity contribution in [2.45, 2.75) is 38.8 Å². The monoisotopic (exact) mass is 436 g/mol. The first-order valence-corrected chi connectivity index (χ1v) is 9.74. The highest BCUT2D eigenvalue weighted by atomic mass is 19.4. The van der Waals surface area contributed by atoms with Gasteiger partial charge in [-0.3, -0.25) is 5.41 Å². The number of ether oxygens (including phenoxy) is 1. The molecule has 0 bridgehead atoms. The molecule has 2 aromatic rings. The van der Waals surface area contributed by atoms with Crippen molar-refractivity contribution in [3.05, 3.63) is 41.2 Å². The van der Waals surface area contributed by atoms with E-state index < -0.39 is 17.5 Å². The fraction of sp³-hybridized carbons (Fsp3) is 0.429. The quantitative estimate of drug-likeness (QED) is 0.346. The Morgan fingerprint density at radius 1 is 1.29 bits per heavy atom. The summed E-state index contributed by atoms with van der Waals surface area (Å²) in [7, 11) is 1.82. The van der Waals surface area contributed by atoms with E-state index >= 15 is 0 Å². The molecule has 0 spiro atoms. The second kappa shape index (κ2) is 10.6. The van der Waals surface area contributed by atoms with E-state index in [2.05, 4.69) is 9.97 Å². The van der Waals surface area contributed by atoms with Gasteiger partial charge in [0.1, 0.15) is 11.3 Å². The van der Waals surface area contributed by atoms with Crippen LogP contribution in [0, 0.1) is 16.7 Å². The minimum atomic E-state index is -4.80. The van der Waals surface area contributed by atoms with Crippen molar-refractivity contribution in [3.63, 3.8) is 0 Å². The molecule has 0 aliphatic rings. The summed E-state index contributed by atoms with van der Waals surface area (Å²) < 4.78 is 44.4. The van der Waals surface area contributed by atoms with E-state index in [0.717, 1.165) is 11.6 Å². The molecular formula is C21H25F3N5O2+.